The van der Waals surface area contributed by atoms with E-state index < -0.39 is 8.07 Å². The van der Waals surface area contributed by atoms with Gasteiger partial charge in [-0.25, -0.2) is 0 Å². The molecule has 0 saturated heterocycles. The maximum Gasteiger partial charge on any atom is 0.297 e. The number of rotatable bonds is 3. The van der Waals surface area contributed by atoms with Crippen molar-refractivity contribution in [3.05, 3.63) is 118 Å². The van der Waals surface area contributed by atoms with Crippen molar-refractivity contribution in [2.75, 3.05) is 9.80 Å². The van der Waals surface area contributed by atoms with Crippen LogP contribution in [0.3, 0.4) is 0 Å². The molecule has 3 nitrogen and oxygen atoms in total. The largest absolute Gasteiger partial charge is 0.468 e. The normalized spacial score (nSPS) is 21.2. The van der Waals surface area contributed by atoms with Gasteiger partial charge in [0.2, 0.25) is 0 Å². The first-order chi connectivity index (χ1) is 30.2. The SMILES string of the molecule is Cc1cc2c3c(c1)N(c1ccc4c(c1)C(C)(C)CCC4(C)C)c1c(oc4cc5c(cc14)C(C)(C)CCC5(C)C)B3c1cc3c(cc1N2c1ccc([Si](C)(C)C)cc1)C(C)(C)CCC3(C)C. The van der Waals surface area contributed by atoms with Crippen LogP contribution in [0.4, 0.5) is 34.1 Å². The molecule has 0 fully saturated rings. The van der Waals surface area contributed by atoms with E-state index in [1.54, 1.807) is 0 Å². The van der Waals surface area contributed by atoms with Crippen molar-refractivity contribution in [1.29, 1.82) is 0 Å². The van der Waals surface area contributed by atoms with Crippen LogP contribution in [-0.4, -0.2) is 14.8 Å². The molecule has 0 radical (unpaired) electrons. The Balaban J connectivity index is 1.27. The second-order valence-electron chi connectivity index (χ2n) is 26.3. The summed E-state index contributed by atoms with van der Waals surface area (Å²) in [6.45, 7) is 39.1. The fourth-order valence-electron chi connectivity index (χ4n) is 13.1. The number of furan rings is 1. The monoisotopic (exact) mass is 877 g/mol. The summed E-state index contributed by atoms with van der Waals surface area (Å²) in [5.74, 6) is 0. The minimum absolute atomic E-state index is 0.0530. The molecule has 5 aromatic carbocycles. The molecule has 336 valence electrons. The Kier molecular flexibility index (Phi) is 8.86. The van der Waals surface area contributed by atoms with Gasteiger partial charge in [0.05, 0.1) is 19.4 Å². The van der Waals surface area contributed by atoms with Gasteiger partial charge < -0.3 is 14.2 Å². The van der Waals surface area contributed by atoms with Gasteiger partial charge in [-0.15, -0.1) is 0 Å². The maximum atomic E-state index is 7.67. The molecule has 1 aromatic heterocycles. The van der Waals surface area contributed by atoms with Crippen LogP contribution >= 0.6 is 0 Å². The molecule has 5 aliphatic rings. The number of aryl methyl sites for hydroxylation is 1. The highest BCUT2D eigenvalue weighted by atomic mass is 28.3. The third kappa shape index (κ3) is 6.25. The Morgan fingerprint density at radius 1 is 0.477 bits per heavy atom. The molecule has 65 heavy (non-hydrogen) atoms. The molecule has 3 heterocycles. The van der Waals surface area contributed by atoms with Gasteiger partial charge >= 0.3 is 0 Å². The molecular weight excluding hydrogens is 804 g/mol. The number of fused-ring (bicyclic) bond motifs is 9. The lowest BCUT2D eigenvalue weighted by Crippen LogP contribution is -2.61. The fraction of sp³-hybridized carbons (Fsp3) is 0.467. The lowest BCUT2D eigenvalue weighted by molar-refractivity contribution is 0.332. The summed E-state index contributed by atoms with van der Waals surface area (Å²) in [7, 11) is -1.53. The number of hydrogen-bond acceptors (Lipinski definition) is 3. The van der Waals surface area contributed by atoms with E-state index in [0.29, 0.717) is 0 Å². The van der Waals surface area contributed by atoms with E-state index in [1.165, 1.54) is 133 Å². The lowest BCUT2D eigenvalue weighted by Gasteiger charge is -2.47. The summed E-state index contributed by atoms with van der Waals surface area (Å²) >= 11 is 0. The number of anilines is 6. The van der Waals surface area contributed by atoms with Crippen LogP contribution < -0.4 is 31.6 Å². The minimum atomic E-state index is -1.53. The Morgan fingerprint density at radius 2 is 0.938 bits per heavy atom. The van der Waals surface area contributed by atoms with E-state index in [-0.39, 0.29) is 39.2 Å². The number of nitrogens with zero attached hydrogens (tertiary/aromatic N) is 2. The Hall–Kier alpha value is -4.48. The lowest BCUT2D eigenvalue weighted by atomic mass is 9.35. The Labute approximate surface area is 392 Å². The summed E-state index contributed by atoms with van der Waals surface area (Å²) in [5.41, 5.74) is 22.9. The van der Waals surface area contributed by atoms with Gasteiger partial charge in [-0.05, 0) is 182 Å². The molecule has 11 rings (SSSR count). The van der Waals surface area contributed by atoms with Gasteiger partial charge in [-0.3, -0.25) is 0 Å². The zero-order valence-electron chi connectivity index (χ0n) is 42.6. The Morgan fingerprint density at radius 3 is 1.49 bits per heavy atom. The third-order valence-electron chi connectivity index (χ3n) is 17.8. The average molecular weight is 877 g/mol. The first-order valence-electron chi connectivity index (χ1n) is 25.0. The summed E-state index contributed by atoms with van der Waals surface area (Å²) < 4.78 is 7.67. The quantitative estimate of drug-likeness (QED) is 0.165. The first kappa shape index (κ1) is 43.1. The second kappa shape index (κ2) is 13.4. The van der Waals surface area contributed by atoms with Crippen molar-refractivity contribution in [1.82, 2.24) is 0 Å². The van der Waals surface area contributed by atoms with Crippen LogP contribution in [0.15, 0.2) is 83.3 Å². The molecule has 0 N–H and O–H groups in total. The van der Waals surface area contributed by atoms with Crippen LogP contribution in [0.25, 0.3) is 11.0 Å². The van der Waals surface area contributed by atoms with Crippen LogP contribution in [0.1, 0.15) is 161 Å². The van der Waals surface area contributed by atoms with Crippen LogP contribution in [0.5, 0.6) is 0 Å². The number of benzene rings is 5. The predicted octanol–water partition coefficient (Wildman–Crippen LogP) is 14.4. The zero-order valence-corrected chi connectivity index (χ0v) is 43.6. The van der Waals surface area contributed by atoms with Crippen LogP contribution in [0.2, 0.25) is 19.6 Å². The van der Waals surface area contributed by atoms with E-state index in [2.05, 4.69) is 198 Å². The van der Waals surface area contributed by atoms with Gasteiger partial charge in [-0.1, -0.05) is 132 Å². The average Bonchev–Trinajstić information content (AvgIpc) is 3.60. The summed E-state index contributed by atoms with van der Waals surface area (Å²) in [4.78, 5) is 5.29. The van der Waals surface area contributed by atoms with Crippen molar-refractivity contribution in [2.45, 2.75) is 181 Å². The standard InChI is InChI=1S/C60H73BN2OSi/c1-36-29-49-52-50(30-36)63(38-19-22-41-42(31-38)56(4,5)24-23-55(41,2)3)53-40-32-43-46(60(12,13)28-25-57(43,6)7)35-51(40)64-54(53)61(52)47-33-44-45(59(10,11)27-26-58(44,8)9)34-48(47)62(49)37-17-20-39(21-18-37)65(14,15)16/h17-22,29-35H,23-28H2,1-16H3. The molecule has 0 atom stereocenters. The number of hydrogen-bond donors (Lipinski definition) is 0. The minimum Gasteiger partial charge on any atom is -0.468 e. The fourth-order valence-corrected chi connectivity index (χ4v) is 14.3. The highest BCUT2D eigenvalue weighted by molar-refractivity contribution is 7.00. The third-order valence-corrected chi connectivity index (χ3v) is 19.9. The van der Waals surface area contributed by atoms with Crippen LogP contribution in [0, 0.1) is 6.92 Å². The summed E-state index contributed by atoms with van der Waals surface area (Å²) in [6, 6.07) is 32.4. The highest BCUT2D eigenvalue weighted by Crippen LogP contribution is 2.55. The van der Waals surface area contributed by atoms with Gasteiger partial charge in [0.1, 0.15) is 5.58 Å². The van der Waals surface area contributed by atoms with E-state index in [4.69, 9.17) is 4.42 Å². The van der Waals surface area contributed by atoms with E-state index >= 15 is 0 Å². The van der Waals surface area contributed by atoms with Crippen molar-refractivity contribution >= 4 is 81.7 Å². The van der Waals surface area contributed by atoms with E-state index in [9.17, 15) is 0 Å². The molecule has 0 amide bonds. The topological polar surface area (TPSA) is 19.6 Å². The van der Waals surface area contributed by atoms with Gasteiger partial charge in [-0.2, -0.15) is 0 Å². The maximum absolute atomic E-state index is 7.67. The molecule has 0 saturated carbocycles. The molecule has 0 spiro atoms. The molecule has 6 aromatic rings. The first-order valence-corrected chi connectivity index (χ1v) is 28.5. The van der Waals surface area contributed by atoms with Gasteiger partial charge in [0, 0.05) is 33.8 Å². The summed E-state index contributed by atoms with van der Waals surface area (Å²) in [5, 5.41) is 2.72. The van der Waals surface area contributed by atoms with Crippen molar-refractivity contribution in [3.63, 3.8) is 0 Å². The molecule has 3 aliphatic carbocycles. The molecule has 0 bridgehead atoms. The Bertz CT molecular complexity index is 3010. The summed E-state index contributed by atoms with van der Waals surface area (Å²) in [6.07, 6.45) is 7.06. The van der Waals surface area contributed by atoms with Crippen LogP contribution in [-0.2, 0) is 32.5 Å². The van der Waals surface area contributed by atoms with Crippen molar-refractivity contribution in [3.8, 4) is 0 Å². The second-order valence-corrected chi connectivity index (χ2v) is 31.4. The molecule has 5 heteroatoms. The van der Waals surface area contributed by atoms with Gasteiger partial charge in [0.25, 0.3) is 6.71 Å². The predicted molar refractivity (Wildman–Crippen MR) is 284 cm³/mol. The molecule has 2 aliphatic heterocycles. The highest BCUT2D eigenvalue weighted by Gasteiger charge is 2.50. The van der Waals surface area contributed by atoms with E-state index in [1.807, 2.05) is 0 Å². The van der Waals surface area contributed by atoms with Crippen molar-refractivity contribution < 1.29 is 4.42 Å². The zero-order chi connectivity index (χ0) is 46.3. The molecule has 0 unspecified atom stereocenters. The smallest absolute Gasteiger partial charge is 0.297 e. The van der Waals surface area contributed by atoms with Crippen molar-refractivity contribution in [2.24, 2.45) is 0 Å². The molecular formula is C60H73BN2OSi. The van der Waals surface area contributed by atoms with E-state index in [0.717, 1.165) is 11.2 Å². The van der Waals surface area contributed by atoms with Gasteiger partial charge in [0.15, 0.2) is 0 Å².